The Labute approximate surface area is 397 Å². The summed E-state index contributed by atoms with van der Waals surface area (Å²) in [5, 5.41) is 39.1. The summed E-state index contributed by atoms with van der Waals surface area (Å²) in [7, 11) is 0. The Morgan fingerprint density at radius 1 is 0.645 bits per heavy atom. The second-order valence-electron chi connectivity index (χ2n) is 17.4. The van der Waals surface area contributed by atoms with Crippen LogP contribution in [0, 0.1) is 37.8 Å². The number of aliphatic hydroxyl groups excluding tert-OH is 4. The van der Waals surface area contributed by atoms with Crippen LogP contribution in [0.2, 0.25) is 0 Å². The molecule has 4 N–H and O–H groups in total. The number of nitrogens with zero attached hydrogens (tertiary/aromatic N) is 2. The molecule has 0 amide bonds. The number of hydrogen-bond donors (Lipinski definition) is 4. The standard InChI is InChI=1S/C23H24N.C21H20N.2C5H10O2.2Ir/c1-14(2)9-17-5-6-20-18(12-17)13-24-23-21(20)8-7-19-16(4)10-15(3)11-22(19)23;1-14(2)11-15-7-9-18-17(12-15)13-22-21-19-6-4-3-5-16(19)8-10-20(18)21;2*1-4(6)3-5(2)7;;/h5-6,10,12-14H,7-9H2,1-4H3;3-5,7,9,12-14H,8,10-11H2,1-2H3;2*3-4,6-7H,1-2H3;;/q2*-1;;;;. The van der Waals surface area contributed by atoms with Gasteiger partial charge < -0.3 is 30.4 Å². The predicted octanol–water partition coefficient (Wildman–Crippen LogP) is 12.3. The van der Waals surface area contributed by atoms with Crippen LogP contribution in [0.15, 0.2) is 96.7 Å². The average molecular weight is 1190 g/mol. The van der Waals surface area contributed by atoms with Gasteiger partial charge in [-0.05, 0) is 134 Å². The molecule has 2 heterocycles. The quantitative estimate of drug-likeness (QED) is 0.0978. The van der Waals surface area contributed by atoms with Gasteiger partial charge in [0.15, 0.2) is 0 Å². The van der Waals surface area contributed by atoms with Crippen molar-refractivity contribution in [1.82, 2.24) is 9.97 Å². The average Bonchev–Trinajstić information content (AvgIpc) is 3.16. The van der Waals surface area contributed by atoms with Crippen molar-refractivity contribution in [2.45, 2.75) is 120 Å². The van der Waals surface area contributed by atoms with Gasteiger partial charge in [0.1, 0.15) is 0 Å². The largest absolute Gasteiger partial charge is 0.513 e. The van der Waals surface area contributed by atoms with E-state index >= 15 is 0 Å². The van der Waals surface area contributed by atoms with Crippen LogP contribution in [0.5, 0.6) is 0 Å². The van der Waals surface area contributed by atoms with Gasteiger partial charge in [0.25, 0.3) is 0 Å². The maximum Gasteiger partial charge on any atom is 0.0877 e. The molecule has 2 aromatic heterocycles. The van der Waals surface area contributed by atoms with Crippen LogP contribution in [0.3, 0.4) is 0 Å². The zero-order valence-corrected chi connectivity index (χ0v) is 42.8. The van der Waals surface area contributed by atoms with E-state index in [1.165, 1.54) is 103 Å². The van der Waals surface area contributed by atoms with E-state index in [9.17, 15) is 0 Å². The second kappa shape index (κ2) is 24.2. The van der Waals surface area contributed by atoms with E-state index in [0.29, 0.717) is 11.8 Å². The monoisotopic (exact) mass is 1190 g/mol. The fourth-order valence-electron chi connectivity index (χ4n) is 8.35. The van der Waals surface area contributed by atoms with Crippen molar-refractivity contribution < 1.29 is 60.6 Å². The molecule has 8 rings (SSSR count). The molecule has 4 aromatic carbocycles. The minimum Gasteiger partial charge on any atom is -0.513 e. The van der Waals surface area contributed by atoms with Gasteiger partial charge >= 0.3 is 0 Å². The number of pyridine rings is 2. The van der Waals surface area contributed by atoms with Gasteiger partial charge in [-0.2, -0.15) is 0 Å². The number of fused-ring (bicyclic) bond motifs is 10. The van der Waals surface area contributed by atoms with E-state index in [1.54, 1.807) is 13.8 Å². The molecule has 2 atom stereocenters. The third-order valence-electron chi connectivity index (χ3n) is 10.6. The molecule has 6 nitrogen and oxygen atoms in total. The first-order valence-electron chi connectivity index (χ1n) is 21.4. The molecule has 62 heavy (non-hydrogen) atoms. The van der Waals surface area contributed by atoms with Crippen molar-refractivity contribution in [3.8, 4) is 22.5 Å². The van der Waals surface area contributed by atoms with Gasteiger partial charge in [0.05, 0.1) is 23.7 Å². The first kappa shape index (κ1) is 52.3. The molecule has 6 aromatic rings. The Hall–Kier alpha value is -4.00. The van der Waals surface area contributed by atoms with Gasteiger partial charge in [-0.3, -0.25) is 0 Å². The first-order valence-corrected chi connectivity index (χ1v) is 21.4. The number of rotatable bonds is 6. The van der Waals surface area contributed by atoms with Gasteiger partial charge in [-0.1, -0.05) is 89.8 Å². The summed E-state index contributed by atoms with van der Waals surface area (Å²) in [6.07, 6.45) is 12.3. The molecule has 334 valence electrons. The second-order valence-corrected chi connectivity index (χ2v) is 17.4. The summed E-state index contributed by atoms with van der Waals surface area (Å²) in [6.45, 7) is 19.6. The van der Waals surface area contributed by atoms with E-state index in [2.05, 4.69) is 114 Å². The Balaban J connectivity index is 0.000000249. The third-order valence-corrected chi connectivity index (χ3v) is 10.6. The molecule has 2 unspecified atom stereocenters. The van der Waals surface area contributed by atoms with E-state index < -0.39 is 12.2 Å². The van der Waals surface area contributed by atoms with Crippen molar-refractivity contribution >= 4 is 21.5 Å². The first-order chi connectivity index (χ1) is 28.5. The topological polar surface area (TPSA) is 107 Å². The number of aryl methyl sites for hydroxylation is 5. The molecule has 0 bridgehead atoms. The molecule has 0 aliphatic heterocycles. The minimum absolute atomic E-state index is 0. The van der Waals surface area contributed by atoms with Crippen LogP contribution < -0.4 is 0 Å². The number of allylic oxidation sites excluding steroid dienone is 2. The van der Waals surface area contributed by atoms with E-state index in [0.717, 1.165) is 49.9 Å². The fraction of sp³-hybridized carbons (Fsp3) is 0.370. The smallest absolute Gasteiger partial charge is 0.0877 e. The molecule has 0 saturated carbocycles. The molecular weight excluding hydrogens is 1130 g/mol. The zero-order valence-electron chi connectivity index (χ0n) is 38.0. The van der Waals surface area contributed by atoms with Crippen molar-refractivity contribution in [1.29, 1.82) is 0 Å². The Morgan fingerprint density at radius 3 is 1.56 bits per heavy atom. The summed E-state index contributed by atoms with van der Waals surface area (Å²) < 4.78 is 0. The van der Waals surface area contributed by atoms with E-state index in [4.69, 9.17) is 30.4 Å². The predicted molar refractivity (Wildman–Crippen MR) is 250 cm³/mol. The van der Waals surface area contributed by atoms with Crippen molar-refractivity contribution in [2.75, 3.05) is 0 Å². The van der Waals surface area contributed by atoms with Crippen molar-refractivity contribution in [3.63, 3.8) is 0 Å². The molecule has 0 spiro atoms. The Bertz CT molecular complexity index is 2460. The van der Waals surface area contributed by atoms with Crippen LogP contribution in [-0.4, -0.2) is 42.6 Å². The molecule has 8 heteroatoms. The molecule has 0 saturated heterocycles. The molecular formula is C54H64Ir2N2O4-2. The number of benzene rings is 4. The number of aliphatic hydroxyl groups is 4. The van der Waals surface area contributed by atoms with E-state index in [1.807, 2.05) is 12.3 Å². The van der Waals surface area contributed by atoms with Crippen molar-refractivity contribution in [3.05, 3.63) is 153 Å². The zero-order chi connectivity index (χ0) is 43.7. The van der Waals surface area contributed by atoms with Crippen LogP contribution in [-0.2, 0) is 78.7 Å². The van der Waals surface area contributed by atoms with Gasteiger partial charge in [0.2, 0.25) is 0 Å². The molecule has 2 aliphatic carbocycles. The van der Waals surface area contributed by atoms with Gasteiger partial charge in [-0.25, -0.2) is 0 Å². The van der Waals surface area contributed by atoms with Crippen LogP contribution in [0.4, 0.5) is 0 Å². The normalized spacial score (nSPS) is 13.6. The summed E-state index contributed by atoms with van der Waals surface area (Å²) in [4.78, 5) is 9.64. The maximum atomic E-state index is 8.49. The minimum atomic E-state index is -0.537. The van der Waals surface area contributed by atoms with Crippen LogP contribution >= 0.6 is 0 Å². The van der Waals surface area contributed by atoms with Crippen LogP contribution in [0.25, 0.3) is 44.1 Å². The van der Waals surface area contributed by atoms with Gasteiger partial charge in [0, 0.05) is 52.6 Å². The number of aromatic nitrogens is 2. The van der Waals surface area contributed by atoms with Gasteiger partial charge in [-0.15, -0.1) is 69.8 Å². The van der Waals surface area contributed by atoms with Crippen LogP contribution in [0.1, 0.15) is 99.9 Å². The third kappa shape index (κ3) is 14.3. The summed E-state index contributed by atoms with van der Waals surface area (Å²) >= 11 is 0. The summed E-state index contributed by atoms with van der Waals surface area (Å²) in [6, 6.07) is 29.3. The van der Waals surface area contributed by atoms with E-state index in [-0.39, 0.29) is 51.7 Å². The maximum absolute atomic E-state index is 8.49. The molecule has 2 radical (unpaired) electrons. The Morgan fingerprint density at radius 2 is 1.11 bits per heavy atom. The summed E-state index contributed by atoms with van der Waals surface area (Å²) in [5.41, 5.74) is 15.7. The number of hydrogen-bond acceptors (Lipinski definition) is 6. The fourth-order valence-corrected chi connectivity index (χ4v) is 8.35. The van der Waals surface area contributed by atoms with Crippen molar-refractivity contribution in [2.24, 2.45) is 11.8 Å². The summed E-state index contributed by atoms with van der Waals surface area (Å²) in [5.74, 6) is 1.69. The molecule has 2 aliphatic rings. The Kier molecular flexibility index (Phi) is 20.4. The SMILES string of the molecule is CC(C)Cc1ccc2c3c(ncc2c1)-c1[c-]cccc1CC3.CC(O)=CC(C)O.CC(O)=CC(C)O.Cc1[c-]c2c(c(C)c1)CCc1c-2ncc2cc(CC(C)C)ccc12.[Ir].[Ir]. The molecule has 0 fully saturated rings.